The van der Waals surface area contributed by atoms with E-state index in [0.717, 1.165) is 33.6 Å². The van der Waals surface area contributed by atoms with Gasteiger partial charge in [-0.2, -0.15) is 0 Å². The Morgan fingerprint density at radius 1 is 0.762 bits per heavy atom. The van der Waals surface area contributed by atoms with Crippen molar-refractivity contribution < 1.29 is 29.2 Å². The highest BCUT2D eigenvalue weighted by Gasteiger charge is 2.47. The third-order valence-electron chi connectivity index (χ3n) is 7.44. The number of aliphatic hydroxyl groups is 2. The van der Waals surface area contributed by atoms with Crippen LogP contribution in [-0.2, 0) is 33.8 Å². The van der Waals surface area contributed by atoms with Gasteiger partial charge in [-0.15, -0.1) is 0 Å². The van der Waals surface area contributed by atoms with E-state index in [2.05, 4.69) is 0 Å². The van der Waals surface area contributed by atoms with E-state index in [-0.39, 0.29) is 13.2 Å². The normalized spacial score (nSPS) is 22.1. The Balaban J connectivity index is 1.44. The summed E-state index contributed by atoms with van der Waals surface area (Å²) in [6.45, 7) is 2.80. The minimum Gasteiger partial charge on any atom is -0.494 e. The van der Waals surface area contributed by atoms with Gasteiger partial charge in [-0.05, 0) is 59.4 Å². The van der Waals surface area contributed by atoms with Crippen molar-refractivity contribution in [3.05, 3.63) is 136 Å². The first-order valence-electron chi connectivity index (χ1n) is 14.3. The maximum absolute atomic E-state index is 11.3. The number of benzene rings is 4. The van der Waals surface area contributed by atoms with Gasteiger partial charge in [0, 0.05) is 5.02 Å². The number of ether oxygens (including phenoxy) is 4. The zero-order valence-corrected chi connectivity index (χ0v) is 24.4. The van der Waals surface area contributed by atoms with E-state index in [4.69, 9.17) is 30.5 Å². The topological polar surface area (TPSA) is 77.4 Å². The van der Waals surface area contributed by atoms with Gasteiger partial charge in [0.2, 0.25) is 0 Å². The summed E-state index contributed by atoms with van der Waals surface area (Å²) in [4.78, 5) is 0. The minimum atomic E-state index is -1.09. The Morgan fingerprint density at radius 3 is 1.98 bits per heavy atom. The van der Waals surface area contributed by atoms with Crippen molar-refractivity contribution in [2.75, 3.05) is 13.2 Å². The van der Waals surface area contributed by atoms with Crippen molar-refractivity contribution in [2.45, 2.75) is 57.1 Å². The molecule has 0 bridgehead atoms. The van der Waals surface area contributed by atoms with Crippen LogP contribution >= 0.6 is 11.6 Å². The molecule has 220 valence electrons. The lowest BCUT2D eigenvalue weighted by Gasteiger charge is -2.44. The van der Waals surface area contributed by atoms with Crippen LogP contribution in [0.3, 0.4) is 0 Å². The predicted octanol–water partition coefficient (Wildman–Crippen LogP) is 6.29. The van der Waals surface area contributed by atoms with Crippen LogP contribution in [0.15, 0.2) is 103 Å². The summed E-state index contributed by atoms with van der Waals surface area (Å²) < 4.78 is 24.7. The molecule has 42 heavy (non-hydrogen) atoms. The van der Waals surface area contributed by atoms with E-state index < -0.39 is 30.5 Å². The monoisotopic (exact) mass is 588 g/mol. The molecule has 0 radical (unpaired) electrons. The summed E-state index contributed by atoms with van der Waals surface area (Å²) in [7, 11) is 0. The van der Waals surface area contributed by atoms with Crippen molar-refractivity contribution in [1.82, 2.24) is 0 Å². The molecule has 5 unspecified atom stereocenters. The summed E-state index contributed by atoms with van der Waals surface area (Å²) in [5.41, 5.74) is 4.81. The van der Waals surface area contributed by atoms with Crippen LogP contribution in [0.2, 0.25) is 5.02 Å². The molecule has 0 aliphatic carbocycles. The maximum Gasteiger partial charge on any atom is 0.119 e. The van der Waals surface area contributed by atoms with Gasteiger partial charge in [-0.25, -0.2) is 0 Å². The van der Waals surface area contributed by atoms with Gasteiger partial charge in [0.05, 0.1) is 26.4 Å². The average molecular weight is 589 g/mol. The third kappa shape index (κ3) is 7.58. The second-order valence-corrected chi connectivity index (χ2v) is 10.8. The lowest BCUT2D eigenvalue weighted by atomic mass is 9.89. The molecule has 1 fully saturated rings. The molecule has 1 aliphatic heterocycles. The Morgan fingerprint density at radius 2 is 1.38 bits per heavy atom. The molecule has 0 amide bonds. The highest BCUT2D eigenvalue weighted by Crippen LogP contribution is 2.38. The van der Waals surface area contributed by atoms with Crippen molar-refractivity contribution in [2.24, 2.45) is 0 Å². The zero-order valence-electron chi connectivity index (χ0n) is 23.6. The van der Waals surface area contributed by atoms with Gasteiger partial charge in [0.15, 0.2) is 0 Å². The van der Waals surface area contributed by atoms with E-state index in [1.807, 2.05) is 110 Å². The molecule has 6 nitrogen and oxygen atoms in total. The summed E-state index contributed by atoms with van der Waals surface area (Å²) in [5.74, 6) is 0.824. The Labute approximate surface area is 252 Å². The molecular weight excluding hydrogens is 552 g/mol. The summed E-state index contributed by atoms with van der Waals surface area (Å²) in [6, 6.07) is 33.4. The highest BCUT2D eigenvalue weighted by atomic mass is 35.5. The molecule has 1 aliphatic rings. The average Bonchev–Trinajstić information content (AvgIpc) is 3.02. The Kier molecular flexibility index (Phi) is 10.6. The van der Waals surface area contributed by atoms with E-state index in [0.29, 0.717) is 24.7 Å². The first-order valence-corrected chi connectivity index (χ1v) is 14.7. The second kappa shape index (κ2) is 14.8. The first-order chi connectivity index (χ1) is 20.6. The van der Waals surface area contributed by atoms with E-state index in [1.54, 1.807) is 0 Å². The largest absolute Gasteiger partial charge is 0.494 e. The summed E-state index contributed by atoms with van der Waals surface area (Å²) in [5, 5.41) is 22.1. The molecule has 5 atom stereocenters. The molecule has 0 aromatic heterocycles. The van der Waals surface area contributed by atoms with Gasteiger partial charge in [-0.1, -0.05) is 96.5 Å². The molecule has 5 rings (SSSR count). The van der Waals surface area contributed by atoms with Crippen LogP contribution in [0.4, 0.5) is 0 Å². The molecule has 4 aromatic rings. The van der Waals surface area contributed by atoms with Gasteiger partial charge in [0.25, 0.3) is 0 Å². The number of rotatable bonds is 12. The van der Waals surface area contributed by atoms with Crippen LogP contribution in [0.1, 0.15) is 40.8 Å². The van der Waals surface area contributed by atoms with Gasteiger partial charge >= 0.3 is 0 Å². The Hall–Kier alpha value is -3.23. The van der Waals surface area contributed by atoms with Crippen molar-refractivity contribution in [3.8, 4) is 5.75 Å². The van der Waals surface area contributed by atoms with Crippen molar-refractivity contribution in [1.29, 1.82) is 0 Å². The number of hydrogen-bond donors (Lipinski definition) is 2. The van der Waals surface area contributed by atoms with Crippen molar-refractivity contribution >= 4 is 11.6 Å². The van der Waals surface area contributed by atoms with Gasteiger partial charge < -0.3 is 29.2 Å². The fourth-order valence-corrected chi connectivity index (χ4v) is 5.43. The van der Waals surface area contributed by atoms with Crippen LogP contribution < -0.4 is 4.74 Å². The van der Waals surface area contributed by atoms with E-state index in [9.17, 15) is 10.2 Å². The fourth-order valence-electron chi connectivity index (χ4n) is 5.25. The van der Waals surface area contributed by atoms with Crippen LogP contribution in [0.5, 0.6) is 5.75 Å². The minimum absolute atomic E-state index is 0.280. The van der Waals surface area contributed by atoms with Gasteiger partial charge in [-0.3, -0.25) is 0 Å². The second-order valence-electron chi connectivity index (χ2n) is 10.4. The van der Waals surface area contributed by atoms with Crippen molar-refractivity contribution in [3.63, 3.8) is 0 Å². The number of hydrogen-bond acceptors (Lipinski definition) is 6. The quantitative estimate of drug-likeness (QED) is 0.202. The highest BCUT2D eigenvalue weighted by molar-refractivity contribution is 6.31. The summed E-state index contributed by atoms with van der Waals surface area (Å²) in [6.07, 6.45) is -3.36. The SMILES string of the molecule is CCOc1ccc(Cc2cc(C3OC(CO)C(O)C(OCc4ccccc4)C3OCc3ccccc3)ccc2Cl)cc1. The third-order valence-corrected chi connectivity index (χ3v) is 7.81. The predicted molar refractivity (Wildman–Crippen MR) is 163 cm³/mol. The molecule has 7 heteroatoms. The molecule has 0 spiro atoms. The lowest BCUT2D eigenvalue weighted by Crippen LogP contribution is -2.57. The number of halogens is 1. The Bertz CT molecular complexity index is 1380. The van der Waals surface area contributed by atoms with E-state index >= 15 is 0 Å². The molecule has 1 saturated heterocycles. The van der Waals surface area contributed by atoms with Gasteiger partial charge in [0.1, 0.15) is 36.3 Å². The smallest absolute Gasteiger partial charge is 0.119 e. The summed E-state index contributed by atoms with van der Waals surface area (Å²) >= 11 is 6.67. The zero-order chi connectivity index (χ0) is 29.3. The number of aliphatic hydroxyl groups excluding tert-OH is 2. The maximum atomic E-state index is 11.3. The molecule has 2 N–H and O–H groups in total. The lowest BCUT2D eigenvalue weighted by molar-refractivity contribution is -0.260. The van der Waals surface area contributed by atoms with Crippen LogP contribution in [0.25, 0.3) is 0 Å². The fraction of sp³-hybridized carbons (Fsp3) is 0.314. The molecule has 0 saturated carbocycles. The van der Waals surface area contributed by atoms with E-state index in [1.165, 1.54) is 0 Å². The van der Waals surface area contributed by atoms with Crippen LogP contribution in [-0.4, -0.2) is 47.8 Å². The standard InChI is InChI=1S/C35H37ClO6/c1-2-39-29-16-13-24(14-17-29)19-28-20-27(15-18-30(28)36)33-35(41-23-26-11-7-4-8-12-26)34(32(38)31(21-37)42-33)40-22-25-9-5-3-6-10-25/h3-18,20,31-35,37-38H,2,19,21-23H2,1H3. The molecular formula is C35H37ClO6. The molecule has 4 aromatic carbocycles. The first kappa shape index (κ1) is 30.2. The molecule has 1 heterocycles. The van der Waals surface area contributed by atoms with Crippen LogP contribution in [0, 0.1) is 0 Å².